The average Bonchev–Trinajstić information content (AvgIpc) is 2.97. The van der Waals surface area contributed by atoms with Gasteiger partial charge in [-0.25, -0.2) is 0 Å². The molecule has 0 radical (unpaired) electrons. The van der Waals surface area contributed by atoms with Crippen molar-refractivity contribution >= 4 is 29.0 Å². The van der Waals surface area contributed by atoms with Gasteiger partial charge in [-0.2, -0.15) is 0 Å². The van der Waals surface area contributed by atoms with Crippen LogP contribution in [0.2, 0.25) is 0 Å². The zero-order chi connectivity index (χ0) is 16.5. The fourth-order valence-corrected chi connectivity index (χ4v) is 3.17. The number of methoxy groups -OCH3 is 1. The Morgan fingerprint density at radius 3 is 2.59 bits per heavy atom. The van der Waals surface area contributed by atoms with E-state index in [1.165, 1.54) is 24.5 Å². The van der Waals surface area contributed by atoms with Crippen molar-refractivity contribution in [2.24, 2.45) is 5.41 Å². The van der Waals surface area contributed by atoms with Gasteiger partial charge in [0.05, 0.1) is 12.5 Å². The number of Topliss-reactive ketones (excluding diaryl/α,β-unsaturated/α-hetero) is 2. The molecule has 0 fully saturated rings. The molecule has 1 aliphatic rings. The molecule has 0 bridgehead atoms. The number of carbonyl (C=O) groups excluding carboxylic acids is 2. The van der Waals surface area contributed by atoms with Crippen molar-refractivity contribution < 1.29 is 19.4 Å². The van der Waals surface area contributed by atoms with Crippen LogP contribution in [0.5, 0.6) is 0 Å². The van der Waals surface area contributed by atoms with Crippen molar-refractivity contribution in [2.75, 3.05) is 7.11 Å². The Morgan fingerprint density at radius 2 is 2.05 bits per heavy atom. The summed E-state index contributed by atoms with van der Waals surface area (Å²) in [7, 11) is 1.44. The Labute approximate surface area is 133 Å². The minimum atomic E-state index is -0.979. The van der Waals surface area contributed by atoms with Crippen LogP contribution < -0.4 is 0 Å². The molecule has 116 valence electrons. The highest BCUT2D eigenvalue weighted by Crippen LogP contribution is 2.39. The van der Waals surface area contributed by atoms with E-state index in [-0.39, 0.29) is 11.3 Å². The maximum absolute atomic E-state index is 12.6. The van der Waals surface area contributed by atoms with Crippen LogP contribution in [0.1, 0.15) is 25.6 Å². The highest BCUT2D eigenvalue weighted by molar-refractivity contribution is 7.10. The van der Waals surface area contributed by atoms with Crippen LogP contribution in [0.4, 0.5) is 0 Å². The summed E-state index contributed by atoms with van der Waals surface area (Å²) in [5.41, 5.74) is -0.818. The summed E-state index contributed by atoms with van der Waals surface area (Å²) in [6.07, 6.45) is 3.06. The fourth-order valence-electron chi connectivity index (χ4n) is 2.55. The van der Waals surface area contributed by atoms with E-state index >= 15 is 0 Å². The van der Waals surface area contributed by atoms with E-state index in [4.69, 9.17) is 4.74 Å². The van der Waals surface area contributed by atoms with E-state index in [1.807, 2.05) is 17.5 Å². The highest BCUT2D eigenvalue weighted by atomic mass is 32.1. The van der Waals surface area contributed by atoms with Crippen LogP contribution >= 0.6 is 11.3 Å². The maximum atomic E-state index is 12.6. The molecule has 1 heterocycles. The summed E-state index contributed by atoms with van der Waals surface area (Å²) in [4.78, 5) is 25.9. The molecule has 2 rings (SSSR count). The third-order valence-corrected chi connectivity index (χ3v) is 4.52. The molecule has 0 unspecified atom stereocenters. The van der Waals surface area contributed by atoms with E-state index in [0.717, 1.165) is 4.88 Å². The van der Waals surface area contributed by atoms with Crippen LogP contribution in [0, 0.1) is 5.41 Å². The average molecular weight is 318 g/mol. The van der Waals surface area contributed by atoms with Gasteiger partial charge in [-0.1, -0.05) is 6.07 Å². The summed E-state index contributed by atoms with van der Waals surface area (Å²) in [6, 6.07) is 3.76. The molecule has 1 aromatic heterocycles. The van der Waals surface area contributed by atoms with Gasteiger partial charge in [0.2, 0.25) is 0 Å². The van der Waals surface area contributed by atoms with Gasteiger partial charge in [-0.3, -0.25) is 9.59 Å². The minimum Gasteiger partial charge on any atom is -0.507 e. The number of rotatable bonds is 3. The summed E-state index contributed by atoms with van der Waals surface area (Å²) in [6.45, 7) is 4.96. The number of aliphatic hydroxyl groups excluding tert-OH is 1. The van der Waals surface area contributed by atoms with Gasteiger partial charge >= 0.3 is 0 Å². The lowest BCUT2D eigenvalue weighted by molar-refractivity contribution is -0.127. The van der Waals surface area contributed by atoms with Gasteiger partial charge in [-0.15, -0.1) is 11.3 Å². The lowest BCUT2D eigenvalue weighted by Crippen LogP contribution is -2.38. The summed E-state index contributed by atoms with van der Waals surface area (Å²) in [5, 5.41) is 12.1. The molecule has 0 saturated heterocycles. The lowest BCUT2D eigenvalue weighted by atomic mass is 9.73. The number of ether oxygens (including phenoxy) is 1. The molecule has 0 saturated carbocycles. The second kappa shape index (κ2) is 5.93. The van der Waals surface area contributed by atoms with Crippen molar-refractivity contribution in [1.82, 2.24) is 0 Å². The van der Waals surface area contributed by atoms with Crippen LogP contribution in [0.3, 0.4) is 0 Å². The molecule has 5 heteroatoms. The van der Waals surface area contributed by atoms with Crippen molar-refractivity contribution in [2.45, 2.75) is 20.8 Å². The van der Waals surface area contributed by atoms with Crippen LogP contribution in [-0.2, 0) is 14.3 Å². The van der Waals surface area contributed by atoms with E-state index < -0.39 is 17.0 Å². The SMILES string of the molecule is COC1=C(C)C(=O)/C(=C(O)/C=C/c2cccs2)C(=O)C1(C)C. The van der Waals surface area contributed by atoms with Gasteiger partial charge in [0.15, 0.2) is 11.6 Å². The van der Waals surface area contributed by atoms with Crippen molar-refractivity contribution in [3.8, 4) is 0 Å². The Kier molecular flexibility index (Phi) is 4.37. The Bertz CT molecular complexity index is 703. The topological polar surface area (TPSA) is 63.6 Å². The quantitative estimate of drug-likeness (QED) is 0.525. The second-order valence-electron chi connectivity index (χ2n) is 5.55. The smallest absolute Gasteiger partial charge is 0.199 e. The monoisotopic (exact) mass is 318 g/mol. The number of hydrogen-bond acceptors (Lipinski definition) is 5. The largest absolute Gasteiger partial charge is 0.507 e. The third-order valence-electron chi connectivity index (χ3n) is 3.68. The fraction of sp³-hybridized carbons (Fsp3) is 0.294. The van der Waals surface area contributed by atoms with E-state index in [9.17, 15) is 14.7 Å². The zero-order valence-corrected chi connectivity index (χ0v) is 13.8. The molecular weight excluding hydrogens is 300 g/mol. The third kappa shape index (κ3) is 2.64. The Balaban J connectivity index is 2.51. The normalized spacial score (nSPS) is 20.7. The molecular formula is C17H18O4S. The molecule has 22 heavy (non-hydrogen) atoms. The Morgan fingerprint density at radius 1 is 1.36 bits per heavy atom. The lowest BCUT2D eigenvalue weighted by Gasteiger charge is -2.31. The molecule has 1 aromatic rings. The van der Waals surface area contributed by atoms with E-state index in [1.54, 1.807) is 26.8 Å². The molecule has 0 amide bonds. The molecule has 0 spiro atoms. The maximum Gasteiger partial charge on any atom is 0.199 e. The minimum absolute atomic E-state index is 0.184. The van der Waals surface area contributed by atoms with Gasteiger partial charge in [-0.05, 0) is 44.4 Å². The van der Waals surface area contributed by atoms with E-state index in [2.05, 4.69) is 0 Å². The number of hydrogen-bond donors (Lipinski definition) is 1. The van der Waals surface area contributed by atoms with E-state index in [0.29, 0.717) is 11.3 Å². The van der Waals surface area contributed by atoms with Gasteiger partial charge < -0.3 is 9.84 Å². The number of aliphatic hydroxyl groups is 1. The van der Waals surface area contributed by atoms with Crippen LogP contribution in [0.15, 0.2) is 46.3 Å². The number of thiophene rings is 1. The predicted octanol–water partition coefficient (Wildman–Crippen LogP) is 3.67. The number of allylic oxidation sites excluding steroid dienone is 4. The summed E-state index contributed by atoms with van der Waals surface area (Å²) in [5.74, 6) is -0.893. The first kappa shape index (κ1) is 16.2. The van der Waals surface area contributed by atoms with Crippen molar-refractivity contribution in [1.29, 1.82) is 0 Å². The summed E-state index contributed by atoms with van der Waals surface area (Å²) >= 11 is 1.50. The zero-order valence-electron chi connectivity index (χ0n) is 13.0. The molecule has 1 N–H and O–H groups in total. The molecule has 0 aromatic carbocycles. The van der Waals surface area contributed by atoms with Gasteiger partial charge in [0.1, 0.15) is 17.1 Å². The summed E-state index contributed by atoms with van der Waals surface area (Å²) < 4.78 is 5.22. The number of carbonyl (C=O) groups is 2. The molecule has 0 aliphatic heterocycles. The van der Waals surface area contributed by atoms with Gasteiger partial charge in [0.25, 0.3) is 0 Å². The number of ketones is 2. The predicted molar refractivity (Wildman–Crippen MR) is 86.5 cm³/mol. The highest BCUT2D eigenvalue weighted by Gasteiger charge is 2.45. The molecule has 0 atom stereocenters. The first-order valence-electron chi connectivity index (χ1n) is 6.80. The van der Waals surface area contributed by atoms with Crippen molar-refractivity contribution in [3.05, 3.63) is 51.1 Å². The Hall–Kier alpha value is -2.14. The van der Waals surface area contributed by atoms with Crippen LogP contribution in [0.25, 0.3) is 6.08 Å². The van der Waals surface area contributed by atoms with Crippen LogP contribution in [-0.4, -0.2) is 23.8 Å². The standard InChI is InChI=1S/C17H18O4S/c1-10-14(19)13(15(20)17(2,3)16(10)21-4)12(18)8-7-11-6-5-9-22-11/h5-9,18H,1-4H3/b8-7+,13-12+. The molecule has 1 aliphatic carbocycles. The van der Waals surface area contributed by atoms with Gasteiger partial charge in [0, 0.05) is 10.5 Å². The van der Waals surface area contributed by atoms with Crippen molar-refractivity contribution in [3.63, 3.8) is 0 Å². The molecule has 4 nitrogen and oxygen atoms in total. The first-order chi connectivity index (χ1) is 10.3. The first-order valence-corrected chi connectivity index (χ1v) is 7.68. The second-order valence-corrected chi connectivity index (χ2v) is 6.53.